The van der Waals surface area contributed by atoms with E-state index in [-0.39, 0.29) is 18.4 Å². The van der Waals surface area contributed by atoms with Gasteiger partial charge in [-0.1, -0.05) is 89.9 Å². The summed E-state index contributed by atoms with van der Waals surface area (Å²) in [4.78, 5) is 28.0. The minimum absolute atomic E-state index is 0.0730. The van der Waals surface area contributed by atoms with Crippen molar-refractivity contribution >= 4 is 46.8 Å². The van der Waals surface area contributed by atoms with Crippen LogP contribution in [0.5, 0.6) is 0 Å². The number of benzene rings is 3. The highest BCUT2D eigenvalue weighted by atomic mass is 35.5. The molecule has 0 fully saturated rings. The van der Waals surface area contributed by atoms with Crippen LogP contribution < -0.4 is 5.32 Å². The van der Waals surface area contributed by atoms with Crippen molar-refractivity contribution < 1.29 is 9.59 Å². The fourth-order valence-corrected chi connectivity index (χ4v) is 4.83. The highest BCUT2D eigenvalue weighted by Gasteiger charge is 2.29. The number of nitrogens with zero attached hydrogens (tertiary/aromatic N) is 1. The van der Waals surface area contributed by atoms with Gasteiger partial charge in [-0.15, -0.1) is 0 Å². The molecule has 2 amide bonds. The lowest BCUT2D eigenvalue weighted by molar-refractivity contribution is -0.140. The minimum Gasteiger partial charge on any atom is -0.357 e. The number of halogens is 2. The molecule has 0 radical (unpaired) electrons. The monoisotopic (exact) mass is 514 g/mol. The van der Waals surface area contributed by atoms with E-state index < -0.39 is 6.04 Å². The number of nitrogens with one attached hydrogen (secondary N) is 1. The van der Waals surface area contributed by atoms with Gasteiger partial charge in [0.25, 0.3) is 0 Å². The Kier molecular flexibility index (Phi) is 10.3. The number of hydrogen-bond donors (Lipinski definition) is 1. The highest BCUT2D eigenvalue weighted by molar-refractivity contribution is 7.98. The second-order valence-electron chi connectivity index (χ2n) is 7.88. The van der Waals surface area contributed by atoms with Gasteiger partial charge in [-0.3, -0.25) is 9.59 Å². The van der Waals surface area contributed by atoms with Gasteiger partial charge in [0.15, 0.2) is 0 Å². The van der Waals surface area contributed by atoms with Crippen LogP contribution in [-0.4, -0.2) is 35.6 Å². The molecule has 0 aromatic heterocycles. The molecule has 0 spiro atoms. The molecule has 4 nitrogen and oxygen atoms in total. The van der Waals surface area contributed by atoms with E-state index in [1.165, 1.54) is 5.56 Å². The van der Waals surface area contributed by atoms with E-state index in [4.69, 9.17) is 23.2 Å². The highest BCUT2D eigenvalue weighted by Crippen LogP contribution is 2.25. The number of carbonyl (C=O) groups is 2. The Morgan fingerprint density at radius 1 is 0.882 bits per heavy atom. The summed E-state index contributed by atoms with van der Waals surface area (Å²) in [7, 11) is 1.60. The maximum absolute atomic E-state index is 13.4. The molecule has 178 valence electrons. The first-order valence-electron chi connectivity index (χ1n) is 11.1. The van der Waals surface area contributed by atoms with Crippen LogP contribution in [0.3, 0.4) is 0 Å². The molecular formula is C27H28Cl2N2O2S. The van der Waals surface area contributed by atoms with E-state index in [0.29, 0.717) is 28.6 Å². The average Bonchev–Trinajstić information content (AvgIpc) is 2.86. The SMILES string of the molecule is CNC(=O)C(Cc1ccccc1)N(Cc1ccc(Cl)c(Cl)c1)C(=O)CCSCc1ccccc1. The van der Waals surface area contributed by atoms with Crippen molar-refractivity contribution in [1.82, 2.24) is 10.2 Å². The summed E-state index contributed by atoms with van der Waals surface area (Å²) in [6, 6.07) is 24.5. The zero-order chi connectivity index (χ0) is 24.3. The molecule has 0 bridgehead atoms. The lowest BCUT2D eigenvalue weighted by atomic mass is 10.0. The predicted octanol–water partition coefficient (Wildman–Crippen LogP) is 6.00. The predicted molar refractivity (Wildman–Crippen MR) is 142 cm³/mol. The maximum Gasteiger partial charge on any atom is 0.242 e. The van der Waals surface area contributed by atoms with Crippen molar-refractivity contribution in [3.05, 3.63) is 106 Å². The van der Waals surface area contributed by atoms with Crippen molar-refractivity contribution in [1.29, 1.82) is 0 Å². The maximum atomic E-state index is 13.4. The summed E-state index contributed by atoms with van der Waals surface area (Å²) < 4.78 is 0. The first-order chi connectivity index (χ1) is 16.5. The Bertz CT molecular complexity index is 1080. The zero-order valence-electron chi connectivity index (χ0n) is 19.0. The molecule has 0 saturated heterocycles. The number of rotatable bonds is 11. The summed E-state index contributed by atoms with van der Waals surface area (Å²) in [6.07, 6.45) is 0.756. The Labute approximate surface area is 215 Å². The van der Waals surface area contributed by atoms with Gasteiger partial charge in [-0.25, -0.2) is 0 Å². The third-order valence-electron chi connectivity index (χ3n) is 5.43. The molecule has 34 heavy (non-hydrogen) atoms. The molecule has 1 atom stereocenters. The van der Waals surface area contributed by atoms with Crippen LogP contribution in [0, 0.1) is 0 Å². The van der Waals surface area contributed by atoms with Crippen LogP contribution >= 0.6 is 35.0 Å². The first-order valence-corrected chi connectivity index (χ1v) is 13.0. The average molecular weight is 516 g/mol. The standard InChI is InChI=1S/C27H28Cl2N2O2S/c1-30-27(33)25(17-20-8-4-2-5-9-20)31(18-22-12-13-23(28)24(29)16-22)26(32)14-15-34-19-21-10-6-3-7-11-21/h2-13,16,25H,14-15,17-19H2,1H3,(H,30,33). The molecule has 0 saturated carbocycles. The van der Waals surface area contributed by atoms with Crippen LogP contribution in [0.4, 0.5) is 0 Å². The molecule has 3 aromatic rings. The molecule has 0 heterocycles. The third kappa shape index (κ3) is 7.79. The van der Waals surface area contributed by atoms with Crippen molar-refractivity contribution in [3.63, 3.8) is 0 Å². The first kappa shape index (κ1) is 26.1. The van der Waals surface area contributed by atoms with E-state index in [9.17, 15) is 9.59 Å². The molecular weight excluding hydrogens is 487 g/mol. The van der Waals surface area contributed by atoms with Gasteiger partial charge >= 0.3 is 0 Å². The van der Waals surface area contributed by atoms with E-state index in [0.717, 1.165) is 16.9 Å². The number of amides is 2. The van der Waals surface area contributed by atoms with Gasteiger partial charge in [-0.05, 0) is 28.8 Å². The van der Waals surface area contributed by atoms with Gasteiger partial charge in [0.1, 0.15) is 6.04 Å². The van der Waals surface area contributed by atoms with Gasteiger partial charge in [-0.2, -0.15) is 11.8 Å². The summed E-state index contributed by atoms with van der Waals surface area (Å²) in [5, 5.41) is 3.60. The van der Waals surface area contributed by atoms with Gasteiger partial charge < -0.3 is 10.2 Å². The van der Waals surface area contributed by atoms with Crippen LogP contribution in [-0.2, 0) is 28.3 Å². The number of hydrogen-bond acceptors (Lipinski definition) is 3. The van der Waals surface area contributed by atoms with Crippen molar-refractivity contribution in [2.24, 2.45) is 0 Å². The normalized spacial score (nSPS) is 11.6. The molecule has 1 unspecified atom stereocenters. The van der Waals surface area contributed by atoms with E-state index in [1.807, 2.05) is 54.6 Å². The quantitative estimate of drug-likeness (QED) is 0.319. The fraction of sp³-hybridized carbons (Fsp3) is 0.259. The molecule has 0 aliphatic carbocycles. The Balaban J connectivity index is 1.77. The van der Waals surface area contributed by atoms with E-state index >= 15 is 0 Å². The van der Waals surface area contributed by atoms with Gasteiger partial charge in [0.05, 0.1) is 10.0 Å². The van der Waals surface area contributed by atoms with Crippen molar-refractivity contribution in [2.75, 3.05) is 12.8 Å². The van der Waals surface area contributed by atoms with Gasteiger partial charge in [0.2, 0.25) is 11.8 Å². The van der Waals surface area contributed by atoms with Crippen molar-refractivity contribution in [2.45, 2.75) is 31.2 Å². The topological polar surface area (TPSA) is 49.4 Å². The van der Waals surface area contributed by atoms with Crippen LogP contribution in [0.2, 0.25) is 10.0 Å². The lowest BCUT2D eigenvalue weighted by Gasteiger charge is -2.31. The summed E-state index contributed by atoms with van der Waals surface area (Å²) in [6.45, 7) is 0.268. The summed E-state index contributed by atoms with van der Waals surface area (Å²) in [5.74, 6) is 1.23. The zero-order valence-corrected chi connectivity index (χ0v) is 21.4. The molecule has 0 aliphatic rings. The van der Waals surface area contributed by atoms with Crippen LogP contribution in [0.25, 0.3) is 0 Å². The van der Waals surface area contributed by atoms with Crippen molar-refractivity contribution in [3.8, 4) is 0 Å². The number of carbonyl (C=O) groups excluding carboxylic acids is 2. The summed E-state index contributed by atoms with van der Waals surface area (Å²) >= 11 is 14.0. The Morgan fingerprint density at radius 3 is 2.15 bits per heavy atom. The van der Waals surface area contributed by atoms with Crippen LogP contribution in [0.15, 0.2) is 78.9 Å². The largest absolute Gasteiger partial charge is 0.357 e. The van der Waals surface area contributed by atoms with Crippen LogP contribution in [0.1, 0.15) is 23.1 Å². The fourth-order valence-electron chi connectivity index (χ4n) is 3.62. The van der Waals surface area contributed by atoms with E-state index in [1.54, 1.807) is 35.8 Å². The molecule has 7 heteroatoms. The second-order valence-corrected chi connectivity index (χ2v) is 9.80. The number of thioether (sulfide) groups is 1. The van der Waals surface area contributed by atoms with Gasteiger partial charge in [0, 0.05) is 37.9 Å². The molecule has 3 aromatic carbocycles. The molecule has 0 aliphatic heterocycles. The third-order valence-corrected chi connectivity index (χ3v) is 7.20. The van der Waals surface area contributed by atoms with E-state index in [2.05, 4.69) is 17.4 Å². The minimum atomic E-state index is -0.645. The summed E-state index contributed by atoms with van der Waals surface area (Å²) in [5.41, 5.74) is 3.03. The molecule has 3 rings (SSSR count). The number of likely N-dealkylation sites (N-methyl/N-ethyl adjacent to an activating group) is 1. The Hall–Kier alpha value is -2.47. The molecule has 1 N–H and O–H groups in total. The lowest BCUT2D eigenvalue weighted by Crippen LogP contribution is -2.49. The smallest absolute Gasteiger partial charge is 0.242 e. The second kappa shape index (κ2) is 13.4. The Morgan fingerprint density at radius 2 is 1.53 bits per heavy atom.